The summed E-state index contributed by atoms with van der Waals surface area (Å²) in [5, 5.41) is 3.25. The molecule has 0 atom stereocenters. The Morgan fingerprint density at radius 1 is 1.24 bits per heavy atom. The van der Waals surface area contributed by atoms with Crippen LogP contribution >= 0.6 is 0 Å². The summed E-state index contributed by atoms with van der Waals surface area (Å²) >= 11 is 0. The zero-order valence-corrected chi connectivity index (χ0v) is 13.1. The molecule has 6 heteroatoms. The third-order valence-corrected chi connectivity index (χ3v) is 4.24. The van der Waals surface area contributed by atoms with E-state index in [2.05, 4.69) is 17.2 Å². The smallest absolute Gasteiger partial charge is 0.194 e. The van der Waals surface area contributed by atoms with Gasteiger partial charge in [-0.25, -0.2) is 13.4 Å². The second-order valence-electron chi connectivity index (χ2n) is 4.87. The summed E-state index contributed by atoms with van der Waals surface area (Å²) in [5.74, 6) is 1.36. The molecule has 1 aromatic heterocycles. The van der Waals surface area contributed by atoms with Crippen LogP contribution in [0.4, 0.5) is 0 Å². The Balaban J connectivity index is 2.04. The van der Waals surface area contributed by atoms with Gasteiger partial charge >= 0.3 is 0 Å². The van der Waals surface area contributed by atoms with E-state index in [-0.39, 0.29) is 0 Å². The van der Waals surface area contributed by atoms with Crippen LogP contribution in [-0.2, 0) is 16.3 Å². The van der Waals surface area contributed by atoms with E-state index in [1.165, 1.54) is 6.26 Å². The van der Waals surface area contributed by atoms with Crippen molar-refractivity contribution < 1.29 is 12.8 Å². The second-order valence-corrected chi connectivity index (χ2v) is 6.89. The van der Waals surface area contributed by atoms with Crippen molar-refractivity contribution in [2.24, 2.45) is 0 Å². The van der Waals surface area contributed by atoms with Crippen molar-refractivity contribution in [1.29, 1.82) is 0 Å². The van der Waals surface area contributed by atoms with Gasteiger partial charge in [0.2, 0.25) is 0 Å². The Kier molecular flexibility index (Phi) is 5.14. The van der Waals surface area contributed by atoms with Crippen molar-refractivity contribution in [2.75, 3.05) is 19.3 Å². The Morgan fingerprint density at radius 2 is 1.95 bits per heavy atom. The lowest BCUT2D eigenvalue weighted by Gasteiger charge is -2.00. The summed E-state index contributed by atoms with van der Waals surface area (Å²) in [5.41, 5.74) is 0.827. The van der Waals surface area contributed by atoms with Gasteiger partial charge in [-0.3, -0.25) is 0 Å². The molecule has 1 aromatic carbocycles. The third kappa shape index (κ3) is 4.41. The molecule has 0 fully saturated rings. The topological polar surface area (TPSA) is 72.2 Å². The fraction of sp³-hybridized carbons (Fsp3) is 0.400. The number of oxazole rings is 1. The van der Waals surface area contributed by atoms with Crippen molar-refractivity contribution >= 4 is 9.84 Å². The molecular weight excluding hydrogens is 288 g/mol. The molecule has 2 aromatic rings. The predicted octanol–water partition coefficient (Wildman–Crippen LogP) is 2.29. The molecule has 114 valence electrons. The average molecular weight is 308 g/mol. The van der Waals surface area contributed by atoms with Crippen LogP contribution in [0.5, 0.6) is 0 Å². The summed E-state index contributed by atoms with van der Waals surface area (Å²) in [6.07, 6.45) is 4.63. The highest BCUT2D eigenvalue weighted by atomic mass is 32.2. The van der Waals surface area contributed by atoms with E-state index in [4.69, 9.17) is 4.42 Å². The molecule has 0 aliphatic carbocycles. The molecule has 0 amide bonds. The van der Waals surface area contributed by atoms with Crippen LogP contribution in [0.1, 0.15) is 19.2 Å². The number of rotatable bonds is 7. The van der Waals surface area contributed by atoms with Crippen LogP contribution in [0.3, 0.4) is 0 Å². The lowest BCUT2D eigenvalue weighted by Crippen LogP contribution is -2.14. The summed E-state index contributed by atoms with van der Waals surface area (Å²) in [6, 6.07) is 6.63. The number of nitrogens with one attached hydrogen (secondary N) is 1. The van der Waals surface area contributed by atoms with Gasteiger partial charge in [-0.15, -0.1) is 0 Å². The SMILES string of the molecule is CCNCCCc1ncc(-c2ccc(S(C)(=O)=O)cc2)o1. The molecule has 1 N–H and O–H groups in total. The third-order valence-electron chi connectivity index (χ3n) is 3.11. The number of aryl methyl sites for hydroxylation is 1. The standard InChI is InChI=1S/C15H20N2O3S/c1-3-16-10-4-5-15-17-11-14(20-15)12-6-8-13(9-7-12)21(2,18)19/h6-9,11,16H,3-5,10H2,1-2H3. The van der Waals surface area contributed by atoms with Crippen molar-refractivity contribution in [2.45, 2.75) is 24.7 Å². The lowest BCUT2D eigenvalue weighted by molar-refractivity contribution is 0.493. The van der Waals surface area contributed by atoms with E-state index < -0.39 is 9.84 Å². The van der Waals surface area contributed by atoms with Gasteiger partial charge in [0.1, 0.15) is 0 Å². The van der Waals surface area contributed by atoms with Crippen LogP contribution in [0.25, 0.3) is 11.3 Å². The summed E-state index contributed by atoms with van der Waals surface area (Å²) in [6.45, 7) is 3.98. The highest BCUT2D eigenvalue weighted by Gasteiger charge is 2.09. The number of benzene rings is 1. The highest BCUT2D eigenvalue weighted by Crippen LogP contribution is 2.22. The minimum Gasteiger partial charge on any atom is -0.441 e. The molecule has 21 heavy (non-hydrogen) atoms. The maximum Gasteiger partial charge on any atom is 0.194 e. The van der Waals surface area contributed by atoms with Crippen LogP contribution in [0.15, 0.2) is 39.8 Å². The summed E-state index contributed by atoms with van der Waals surface area (Å²) in [7, 11) is -3.17. The fourth-order valence-electron chi connectivity index (χ4n) is 1.97. The van der Waals surface area contributed by atoms with E-state index in [1.807, 2.05) is 0 Å². The normalized spacial score (nSPS) is 11.7. The predicted molar refractivity (Wildman–Crippen MR) is 81.9 cm³/mol. The first kappa shape index (κ1) is 15.7. The lowest BCUT2D eigenvalue weighted by atomic mass is 10.2. The average Bonchev–Trinajstić information content (AvgIpc) is 2.92. The Hall–Kier alpha value is -1.66. The molecule has 0 saturated carbocycles. The second kappa shape index (κ2) is 6.87. The van der Waals surface area contributed by atoms with Gasteiger partial charge in [0, 0.05) is 18.2 Å². The van der Waals surface area contributed by atoms with Gasteiger partial charge in [-0.05, 0) is 43.8 Å². The monoisotopic (exact) mass is 308 g/mol. The van der Waals surface area contributed by atoms with E-state index in [9.17, 15) is 8.42 Å². The van der Waals surface area contributed by atoms with E-state index in [1.54, 1.807) is 30.5 Å². The van der Waals surface area contributed by atoms with E-state index in [0.717, 1.165) is 31.5 Å². The quantitative estimate of drug-likeness (QED) is 0.795. The first-order valence-corrected chi connectivity index (χ1v) is 8.85. The number of aromatic nitrogens is 1. The number of nitrogens with zero attached hydrogens (tertiary/aromatic N) is 1. The molecule has 0 bridgehead atoms. The molecule has 1 heterocycles. The molecule has 0 radical (unpaired) electrons. The minimum atomic E-state index is -3.17. The number of hydrogen-bond acceptors (Lipinski definition) is 5. The Morgan fingerprint density at radius 3 is 2.57 bits per heavy atom. The van der Waals surface area contributed by atoms with Gasteiger partial charge in [0.05, 0.1) is 11.1 Å². The zero-order valence-electron chi connectivity index (χ0n) is 12.3. The van der Waals surface area contributed by atoms with Gasteiger partial charge in [-0.2, -0.15) is 0 Å². The van der Waals surface area contributed by atoms with Gasteiger partial charge in [-0.1, -0.05) is 6.92 Å². The summed E-state index contributed by atoms with van der Waals surface area (Å²) in [4.78, 5) is 4.55. The zero-order chi connectivity index (χ0) is 15.3. The van der Waals surface area contributed by atoms with Crippen LogP contribution < -0.4 is 5.32 Å². The van der Waals surface area contributed by atoms with Crippen LogP contribution in [0.2, 0.25) is 0 Å². The van der Waals surface area contributed by atoms with Gasteiger partial charge < -0.3 is 9.73 Å². The maximum absolute atomic E-state index is 11.4. The molecule has 0 unspecified atom stereocenters. The molecule has 0 aliphatic rings. The van der Waals surface area contributed by atoms with Crippen LogP contribution in [-0.4, -0.2) is 32.7 Å². The fourth-order valence-corrected chi connectivity index (χ4v) is 2.60. The number of hydrogen-bond donors (Lipinski definition) is 1. The van der Waals surface area contributed by atoms with Crippen molar-refractivity contribution in [3.63, 3.8) is 0 Å². The molecule has 0 aliphatic heterocycles. The highest BCUT2D eigenvalue weighted by molar-refractivity contribution is 7.90. The molecule has 2 rings (SSSR count). The van der Waals surface area contributed by atoms with Crippen molar-refractivity contribution in [1.82, 2.24) is 10.3 Å². The molecule has 0 spiro atoms. The van der Waals surface area contributed by atoms with Crippen molar-refractivity contribution in [3.8, 4) is 11.3 Å². The summed E-state index contributed by atoms with van der Waals surface area (Å²) < 4.78 is 28.5. The molecular formula is C15H20N2O3S. The molecule has 5 nitrogen and oxygen atoms in total. The van der Waals surface area contributed by atoms with Gasteiger partial charge in [0.25, 0.3) is 0 Å². The Labute approximate surface area is 125 Å². The minimum absolute atomic E-state index is 0.302. The first-order valence-electron chi connectivity index (χ1n) is 6.96. The van der Waals surface area contributed by atoms with E-state index in [0.29, 0.717) is 16.5 Å². The maximum atomic E-state index is 11.4. The number of sulfone groups is 1. The largest absolute Gasteiger partial charge is 0.441 e. The van der Waals surface area contributed by atoms with Crippen LogP contribution in [0, 0.1) is 0 Å². The Bertz CT molecular complexity index is 675. The molecule has 0 saturated heterocycles. The van der Waals surface area contributed by atoms with Gasteiger partial charge in [0.15, 0.2) is 21.5 Å². The first-order chi connectivity index (χ1) is 10.0. The van der Waals surface area contributed by atoms with E-state index >= 15 is 0 Å². The van der Waals surface area contributed by atoms with Crippen molar-refractivity contribution in [3.05, 3.63) is 36.4 Å².